The molecule has 1 spiro atoms. The number of fused-ring (bicyclic) bond motifs is 1. The molecule has 1 amide bonds. The van der Waals surface area contributed by atoms with E-state index < -0.39 is 0 Å². The number of nitrogens with zero attached hydrogens (tertiary/aromatic N) is 2. The van der Waals surface area contributed by atoms with E-state index in [4.69, 9.17) is 5.73 Å². The number of nitrogen functional groups attached to an aromatic ring is 1. The first-order valence-electron chi connectivity index (χ1n) is 6.73. The van der Waals surface area contributed by atoms with Crippen LogP contribution in [0, 0.1) is 11.8 Å². The quantitative estimate of drug-likeness (QED) is 0.747. The molecule has 3 fully saturated rings. The molecular formula is C13H16N4O2. The highest BCUT2D eigenvalue weighted by atomic mass is 16.2. The van der Waals surface area contributed by atoms with Gasteiger partial charge in [-0.2, -0.15) is 4.98 Å². The van der Waals surface area contributed by atoms with E-state index in [-0.39, 0.29) is 29.0 Å². The van der Waals surface area contributed by atoms with Gasteiger partial charge in [0.25, 0.3) is 0 Å². The van der Waals surface area contributed by atoms with Gasteiger partial charge in [0.05, 0.1) is 0 Å². The molecule has 3 N–H and O–H groups in total. The molecule has 0 aromatic carbocycles. The van der Waals surface area contributed by atoms with E-state index >= 15 is 0 Å². The Kier molecular flexibility index (Phi) is 1.96. The van der Waals surface area contributed by atoms with Crippen LogP contribution in [0.2, 0.25) is 0 Å². The summed E-state index contributed by atoms with van der Waals surface area (Å²) in [5, 5.41) is 3.15. The Labute approximate surface area is 110 Å². The minimum absolute atomic E-state index is 0.0501. The van der Waals surface area contributed by atoms with Gasteiger partial charge >= 0.3 is 5.69 Å². The van der Waals surface area contributed by atoms with E-state index in [9.17, 15) is 9.59 Å². The monoisotopic (exact) mass is 260 g/mol. The molecule has 4 rings (SSSR count). The zero-order chi connectivity index (χ0) is 13.2. The van der Waals surface area contributed by atoms with Gasteiger partial charge in [-0.1, -0.05) is 0 Å². The molecule has 1 aromatic heterocycles. The fourth-order valence-corrected chi connectivity index (χ4v) is 4.36. The van der Waals surface area contributed by atoms with E-state index in [1.165, 1.54) is 0 Å². The van der Waals surface area contributed by atoms with Crippen LogP contribution in [0.1, 0.15) is 31.7 Å². The summed E-state index contributed by atoms with van der Waals surface area (Å²) in [5.41, 5.74) is 5.18. The molecule has 3 aliphatic rings. The lowest BCUT2D eigenvalue weighted by Gasteiger charge is -2.52. The first-order chi connectivity index (χ1) is 9.07. The van der Waals surface area contributed by atoms with Crippen molar-refractivity contribution in [3.05, 3.63) is 22.7 Å². The summed E-state index contributed by atoms with van der Waals surface area (Å²) >= 11 is 0. The van der Waals surface area contributed by atoms with Gasteiger partial charge in [-0.15, -0.1) is 0 Å². The van der Waals surface area contributed by atoms with E-state index in [0.29, 0.717) is 18.3 Å². The number of rotatable bonds is 1. The van der Waals surface area contributed by atoms with Crippen LogP contribution >= 0.6 is 0 Å². The van der Waals surface area contributed by atoms with Crippen molar-refractivity contribution < 1.29 is 4.79 Å². The van der Waals surface area contributed by atoms with Crippen LogP contribution in [0.15, 0.2) is 17.1 Å². The van der Waals surface area contributed by atoms with Crippen molar-refractivity contribution in [2.24, 2.45) is 11.8 Å². The number of nitrogens with two attached hydrogens (primary N) is 1. The molecule has 100 valence electrons. The van der Waals surface area contributed by atoms with Crippen LogP contribution in [-0.2, 0) is 4.79 Å². The smallest absolute Gasteiger partial charge is 0.349 e. The Morgan fingerprint density at radius 3 is 3.05 bits per heavy atom. The summed E-state index contributed by atoms with van der Waals surface area (Å²) < 4.78 is 1.68. The Balaban J connectivity index is 1.67. The number of carbonyl (C=O) groups is 1. The molecule has 6 nitrogen and oxygen atoms in total. The Bertz CT molecular complexity index is 625. The second kappa shape index (κ2) is 3.37. The first kappa shape index (κ1) is 11.0. The topological polar surface area (TPSA) is 90.0 Å². The van der Waals surface area contributed by atoms with Crippen molar-refractivity contribution >= 4 is 11.7 Å². The van der Waals surface area contributed by atoms with Gasteiger partial charge < -0.3 is 11.1 Å². The highest BCUT2D eigenvalue weighted by Crippen LogP contribution is 2.60. The van der Waals surface area contributed by atoms with Crippen LogP contribution in [0.3, 0.4) is 0 Å². The summed E-state index contributed by atoms with van der Waals surface area (Å²) in [6.45, 7) is 0. The summed E-state index contributed by atoms with van der Waals surface area (Å²) in [4.78, 5) is 27.3. The third-order valence-electron chi connectivity index (χ3n) is 5.06. The van der Waals surface area contributed by atoms with Gasteiger partial charge in [0, 0.05) is 30.1 Å². The third kappa shape index (κ3) is 1.39. The molecule has 19 heavy (non-hydrogen) atoms. The fraction of sp³-hybridized carbons (Fsp3) is 0.615. The van der Waals surface area contributed by atoms with E-state index in [1.54, 1.807) is 16.8 Å². The van der Waals surface area contributed by atoms with E-state index in [0.717, 1.165) is 19.3 Å². The van der Waals surface area contributed by atoms with Gasteiger partial charge in [-0.25, -0.2) is 4.79 Å². The first-order valence-corrected chi connectivity index (χ1v) is 6.73. The van der Waals surface area contributed by atoms with Crippen molar-refractivity contribution in [2.45, 2.75) is 37.3 Å². The minimum Gasteiger partial charge on any atom is -0.383 e. The zero-order valence-electron chi connectivity index (χ0n) is 10.5. The standard InChI is InChI=1S/C13H16N4O2/c14-10-1-2-17(12(19)15-10)9-6-13-5-7(3-8(9)13)4-11(18)16-13/h1-2,7-9H,3-6H2,(H,16,18)(H2,14,15,19)/t7-,8?,9-,13?/m1/s1. The maximum absolute atomic E-state index is 11.9. The zero-order valence-corrected chi connectivity index (χ0v) is 10.5. The van der Waals surface area contributed by atoms with Crippen LogP contribution < -0.4 is 16.7 Å². The lowest BCUT2D eigenvalue weighted by atomic mass is 9.64. The lowest BCUT2D eigenvalue weighted by Crippen LogP contribution is -2.63. The number of piperidine rings is 1. The number of nitrogens with one attached hydrogen (secondary N) is 1. The maximum atomic E-state index is 11.9. The average Bonchev–Trinajstić information content (AvgIpc) is 2.52. The maximum Gasteiger partial charge on any atom is 0.349 e. The average molecular weight is 260 g/mol. The van der Waals surface area contributed by atoms with E-state index in [1.807, 2.05) is 0 Å². The molecule has 1 saturated heterocycles. The summed E-state index contributed by atoms with van der Waals surface area (Å²) in [7, 11) is 0. The normalized spacial score (nSPS) is 39.4. The van der Waals surface area contributed by atoms with Crippen LogP contribution in [0.5, 0.6) is 0 Å². The molecule has 0 radical (unpaired) electrons. The predicted octanol–water partition coefficient (Wildman–Crippen LogP) is 0.0552. The predicted molar refractivity (Wildman–Crippen MR) is 68.3 cm³/mol. The SMILES string of the molecule is Nc1ccn([C@@H]2CC34C[C@@H](CC(=O)N3)CC24)c(=O)n1. The van der Waals surface area contributed by atoms with Gasteiger partial charge in [0.2, 0.25) is 5.91 Å². The molecule has 4 atom stereocenters. The Hall–Kier alpha value is -1.85. The van der Waals surface area contributed by atoms with Crippen molar-refractivity contribution in [1.82, 2.24) is 14.9 Å². The van der Waals surface area contributed by atoms with Crippen LogP contribution in [-0.4, -0.2) is 21.0 Å². The number of aromatic nitrogens is 2. The highest BCUT2D eigenvalue weighted by Gasteiger charge is 2.62. The molecule has 1 aliphatic heterocycles. The summed E-state index contributed by atoms with van der Waals surface area (Å²) in [5.74, 6) is 1.28. The largest absolute Gasteiger partial charge is 0.383 e. The van der Waals surface area contributed by atoms with Gasteiger partial charge in [-0.05, 0) is 31.2 Å². The number of hydrogen-bond donors (Lipinski definition) is 2. The Morgan fingerprint density at radius 2 is 2.26 bits per heavy atom. The summed E-state index contributed by atoms with van der Waals surface area (Å²) in [6, 6.07) is 1.82. The van der Waals surface area contributed by atoms with Crippen molar-refractivity contribution in [3.8, 4) is 0 Å². The third-order valence-corrected chi connectivity index (χ3v) is 5.06. The lowest BCUT2D eigenvalue weighted by molar-refractivity contribution is -0.128. The van der Waals surface area contributed by atoms with Crippen molar-refractivity contribution in [3.63, 3.8) is 0 Å². The van der Waals surface area contributed by atoms with Gasteiger partial charge in [-0.3, -0.25) is 9.36 Å². The van der Waals surface area contributed by atoms with Crippen molar-refractivity contribution in [2.75, 3.05) is 5.73 Å². The van der Waals surface area contributed by atoms with Crippen LogP contribution in [0.4, 0.5) is 5.82 Å². The van der Waals surface area contributed by atoms with Gasteiger partial charge in [0.15, 0.2) is 0 Å². The van der Waals surface area contributed by atoms with E-state index in [2.05, 4.69) is 10.3 Å². The Morgan fingerprint density at radius 1 is 1.42 bits per heavy atom. The fourth-order valence-electron chi connectivity index (χ4n) is 4.36. The highest BCUT2D eigenvalue weighted by molar-refractivity contribution is 5.79. The second-order valence-electron chi connectivity index (χ2n) is 6.13. The van der Waals surface area contributed by atoms with Gasteiger partial charge in [0.1, 0.15) is 5.82 Å². The molecular weight excluding hydrogens is 244 g/mol. The molecule has 1 aromatic rings. The number of hydrogen-bond acceptors (Lipinski definition) is 4. The number of amides is 1. The molecule has 2 unspecified atom stereocenters. The molecule has 2 saturated carbocycles. The molecule has 2 aliphatic carbocycles. The summed E-state index contributed by atoms with van der Waals surface area (Å²) in [6.07, 6.45) is 5.30. The number of anilines is 1. The molecule has 2 bridgehead atoms. The molecule has 6 heteroatoms. The van der Waals surface area contributed by atoms with Crippen molar-refractivity contribution in [1.29, 1.82) is 0 Å². The minimum atomic E-state index is -0.285. The number of carbonyl (C=O) groups excluding carboxylic acids is 1. The molecule has 2 heterocycles. The second-order valence-corrected chi connectivity index (χ2v) is 6.13. The van der Waals surface area contributed by atoms with Crippen LogP contribution in [0.25, 0.3) is 0 Å².